The molecular weight excluding hydrogens is 295 g/mol. The van der Waals surface area contributed by atoms with E-state index in [0.29, 0.717) is 37.6 Å². The van der Waals surface area contributed by atoms with Crippen LogP contribution in [0.4, 0.5) is 0 Å². The average molecular weight is 330 g/mol. The van der Waals surface area contributed by atoms with E-state index in [4.69, 9.17) is 14.3 Å². The molecule has 5 heteroatoms. The van der Waals surface area contributed by atoms with E-state index in [1.54, 1.807) is 0 Å². The molecule has 22 heavy (non-hydrogen) atoms. The van der Waals surface area contributed by atoms with Gasteiger partial charge in [0.15, 0.2) is 0 Å². The van der Waals surface area contributed by atoms with Gasteiger partial charge in [0.2, 0.25) is 0 Å². The molecule has 0 amide bonds. The maximum atomic E-state index is 8.72. The Morgan fingerprint density at radius 1 is 1.05 bits per heavy atom. The Hall–Kier alpha value is -0.200. The summed E-state index contributed by atoms with van der Waals surface area (Å²) in [7, 11) is -1.12. The van der Waals surface area contributed by atoms with Gasteiger partial charge in [0.1, 0.15) is 0 Å². The zero-order valence-electron chi connectivity index (χ0n) is 15.7. The lowest BCUT2D eigenvalue weighted by molar-refractivity contribution is 0.115. The van der Waals surface area contributed by atoms with E-state index >= 15 is 0 Å². The minimum absolute atomic E-state index is 0.132. The summed E-state index contributed by atoms with van der Waals surface area (Å²) in [5, 5.41) is 8.72. The van der Waals surface area contributed by atoms with Crippen LogP contribution in [-0.2, 0) is 9.05 Å². The third-order valence-corrected chi connectivity index (χ3v) is 5.24. The van der Waals surface area contributed by atoms with Gasteiger partial charge < -0.3 is 9.05 Å². The SMILES string of the molecule is CC(C)CC(C)(C)COP(OCCC#N)N(C(C)C)C(C)C. The molecule has 0 heterocycles. The first-order chi connectivity index (χ1) is 10.1. The van der Waals surface area contributed by atoms with Gasteiger partial charge in [-0.05, 0) is 45.4 Å². The van der Waals surface area contributed by atoms with Crippen LogP contribution in [-0.4, -0.2) is 30.0 Å². The van der Waals surface area contributed by atoms with Crippen molar-refractivity contribution in [3.05, 3.63) is 0 Å². The Labute approximate surface area is 139 Å². The predicted molar refractivity (Wildman–Crippen MR) is 94.4 cm³/mol. The molecular formula is C17H35N2O2P. The Morgan fingerprint density at radius 3 is 2.00 bits per heavy atom. The number of nitriles is 1. The molecule has 0 bridgehead atoms. The summed E-state index contributed by atoms with van der Waals surface area (Å²) in [5.41, 5.74) is 0.132. The van der Waals surface area contributed by atoms with Gasteiger partial charge in [-0.15, -0.1) is 0 Å². The normalized spacial score (nSPS) is 14.1. The van der Waals surface area contributed by atoms with Crippen LogP contribution in [0, 0.1) is 22.7 Å². The van der Waals surface area contributed by atoms with Crippen LogP contribution in [0.25, 0.3) is 0 Å². The summed E-state index contributed by atoms with van der Waals surface area (Å²) in [6.45, 7) is 18.7. The Morgan fingerprint density at radius 2 is 1.59 bits per heavy atom. The van der Waals surface area contributed by atoms with E-state index in [1.165, 1.54) is 0 Å². The van der Waals surface area contributed by atoms with Gasteiger partial charge in [-0.3, -0.25) is 0 Å². The first-order valence-corrected chi connectivity index (χ1v) is 9.45. The molecule has 0 rings (SSSR count). The maximum Gasteiger partial charge on any atom is 0.259 e. The molecule has 0 fully saturated rings. The number of rotatable bonds is 11. The smallest absolute Gasteiger partial charge is 0.259 e. The fourth-order valence-electron chi connectivity index (χ4n) is 2.71. The highest BCUT2D eigenvalue weighted by Crippen LogP contribution is 2.47. The molecule has 4 nitrogen and oxygen atoms in total. The zero-order valence-corrected chi connectivity index (χ0v) is 16.6. The van der Waals surface area contributed by atoms with E-state index in [-0.39, 0.29) is 5.41 Å². The molecule has 0 aliphatic rings. The quantitative estimate of drug-likeness (QED) is 0.378. The second-order valence-electron chi connectivity index (χ2n) is 7.58. The maximum absolute atomic E-state index is 8.72. The molecule has 130 valence electrons. The van der Waals surface area contributed by atoms with Crippen LogP contribution in [0.1, 0.15) is 68.2 Å². The molecule has 0 aromatic heterocycles. The summed E-state index contributed by atoms with van der Waals surface area (Å²) in [5.74, 6) is 0.649. The second kappa shape index (κ2) is 10.6. The molecule has 0 saturated heterocycles. The van der Waals surface area contributed by atoms with Crippen LogP contribution in [0.15, 0.2) is 0 Å². The standard InChI is InChI=1S/C17H35N2O2P/c1-14(2)12-17(7,8)13-21-22(20-11-9-10-18)19(15(3)4)16(5)6/h14-16H,9,11-13H2,1-8H3. The minimum Gasteiger partial charge on any atom is -0.321 e. The lowest BCUT2D eigenvalue weighted by Crippen LogP contribution is -2.34. The minimum atomic E-state index is -1.12. The van der Waals surface area contributed by atoms with Crippen molar-refractivity contribution >= 4 is 8.53 Å². The van der Waals surface area contributed by atoms with E-state index in [1.807, 2.05) is 0 Å². The van der Waals surface area contributed by atoms with Gasteiger partial charge in [-0.2, -0.15) is 5.26 Å². The van der Waals surface area contributed by atoms with Gasteiger partial charge in [-0.1, -0.05) is 27.7 Å². The summed E-state index contributed by atoms with van der Waals surface area (Å²) < 4.78 is 14.4. The summed E-state index contributed by atoms with van der Waals surface area (Å²) in [6.07, 6.45) is 1.53. The van der Waals surface area contributed by atoms with Gasteiger partial charge in [-0.25, -0.2) is 4.67 Å². The van der Waals surface area contributed by atoms with Gasteiger partial charge in [0, 0.05) is 12.1 Å². The van der Waals surface area contributed by atoms with Crippen molar-refractivity contribution in [3.63, 3.8) is 0 Å². The van der Waals surface area contributed by atoms with Crippen LogP contribution in [0.3, 0.4) is 0 Å². The fourth-order valence-corrected chi connectivity index (χ4v) is 4.51. The van der Waals surface area contributed by atoms with Crippen LogP contribution in [0.5, 0.6) is 0 Å². The Kier molecular flexibility index (Phi) is 10.5. The lowest BCUT2D eigenvalue weighted by atomic mass is 9.85. The van der Waals surface area contributed by atoms with E-state index in [2.05, 4.69) is 66.1 Å². The molecule has 0 N–H and O–H groups in total. The molecule has 0 aliphatic carbocycles. The summed E-state index contributed by atoms with van der Waals surface area (Å²) in [4.78, 5) is 0. The second-order valence-corrected chi connectivity index (χ2v) is 9.04. The lowest BCUT2D eigenvalue weighted by Gasteiger charge is -2.37. The number of nitrogens with zero attached hydrogens (tertiary/aromatic N) is 2. The number of hydrogen-bond donors (Lipinski definition) is 0. The molecule has 0 saturated carbocycles. The predicted octanol–water partition coefficient (Wildman–Crippen LogP) is 5.35. The molecule has 1 unspecified atom stereocenters. The highest BCUT2D eigenvalue weighted by Gasteiger charge is 2.30. The van der Waals surface area contributed by atoms with Crippen molar-refractivity contribution < 1.29 is 9.05 Å². The molecule has 1 atom stereocenters. The van der Waals surface area contributed by atoms with Crippen molar-refractivity contribution in [2.45, 2.75) is 80.3 Å². The summed E-state index contributed by atoms with van der Waals surface area (Å²) in [6, 6.07) is 2.83. The topological polar surface area (TPSA) is 45.5 Å². The third kappa shape index (κ3) is 9.06. The zero-order chi connectivity index (χ0) is 17.3. The highest BCUT2D eigenvalue weighted by atomic mass is 31.2. The van der Waals surface area contributed by atoms with Crippen LogP contribution in [0.2, 0.25) is 0 Å². The van der Waals surface area contributed by atoms with Crippen LogP contribution < -0.4 is 0 Å². The largest absolute Gasteiger partial charge is 0.321 e. The number of hydrogen-bond acceptors (Lipinski definition) is 4. The fraction of sp³-hybridized carbons (Fsp3) is 0.941. The van der Waals surface area contributed by atoms with E-state index < -0.39 is 8.53 Å². The molecule has 0 radical (unpaired) electrons. The van der Waals surface area contributed by atoms with E-state index in [0.717, 1.165) is 6.42 Å². The van der Waals surface area contributed by atoms with Gasteiger partial charge >= 0.3 is 0 Å². The molecule has 0 aromatic carbocycles. The van der Waals surface area contributed by atoms with Crippen LogP contribution >= 0.6 is 8.53 Å². The van der Waals surface area contributed by atoms with Crippen molar-refractivity contribution in [2.75, 3.05) is 13.2 Å². The van der Waals surface area contributed by atoms with Crippen molar-refractivity contribution in [1.29, 1.82) is 5.26 Å². The molecule has 0 aliphatic heterocycles. The van der Waals surface area contributed by atoms with E-state index in [9.17, 15) is 0 Å². The molecule has 0 spiro atoms. The van der Waals surface area contributed by atoms with Gasteiger partial charge in [0.05, 0.1) is 25.7 Å². The Bertz CT molecular complexity index is 330. The first-order valence-electron chi connectivity index (χ1n) is 8.32. The van der Waals surface area contributed by atoms with Crippen molar-refractivity contribution in [1.82, 2.24) is 4.67 Å². The monoisotopic (exact) mass is 330 g/mol. The highest BCUT2D eigenvalue weighted by molar-refractivity contribution is 7.44. The Balaban J connectivity index is 4.81. The first kappa shape index (κ1) is 21.8. The van der Waals surface area contributed by atoms with Crippen molar-refractivity contribution in [3.8, 4) is 6.07 Å². The molecule has 0 aromatic rings. The van der Waals surface area contributed by atoms with Gasteiger partial charge in [0.25, 0.3) is 8.53 Å². The summed E-state index contributed by atoms with van der Waals surface area (Å²) >= 11 is 0. The third-order valence-electron chi connectivity index (χ3n) is 3.19. The average Bonchev–Trinajstić information content (AvgIpc) is 2.33. The van der Waals surface area contributed by atoms with Crippen molar-refractivity contribution in [2.24, 2.45) is 11.3 Å².